The Morgan fingerprint density at radius 2 is 1.79 bits per heavy atom. The van der Waals surface area contributed by atoms with Crippen molar-refractivity contribution in [3.8, 4) is 11.4 Å². The van der Waals surface area contributed by atoms with Crippen molar-refractivity contribution in [3.05, 3.63) is 94.3 Å². The molecule has 0 amide bonds. The third kappa shape index (κ3) is 3.66. The van der Waals surface area contributed by atoms with Gasteiger partial charge >= 0.3 is 0 Å². The first-order valence-corrected chi connectivity index (χ1v) is 9.99. The fourth-order valence-electron chi connectivity index (χ4n) is 3.12. The SMILES string of the molecule is COc1ccc(-n2c(SCc3cccc(C)c3)nc3ccccc3c2=O)cc1. The van der Waals surface area contributed by atoms with Gasteiger partial charge in [-0.1, -0.05) is 53.7 Å². The summed E-state index contributed by atoms with van der Waals surface area (Å²) in [4.78, 5) is 18.0. The van der Waals surface area contributed by atoms with Gasteiger partial charge in [0.1, 0.15) is 5.75 Å². The van der Waals surface area contributed by atoms with Gasteiger partial charge in [0.2, 0.25) is 0 Å². The van der Waals surface area contributed by atoms with E-state index in [-0.39, 0.29) is 5.56 Å². The van der Waals surface area contributed by atoms with Crippen molar-refractivity contribution in [2.75, 3.05) is 7.11 Å². The van der Waals surface area contributed by atoms with Crippen molar-refractivity contribution >= 4 is 22.7 Å². The minimum Gasteiger partial charge on any atom is -0.497 e. The molecule has 3 aromatic carbocycles. The Balaban J connectivity index is 1.81. The molecule has 1 aromatic heterocycles. The summed E-state index contributed by atoms with van der Waals surface area (Å²) >= 11 is 1.56. The lowest BCUT2D eigenvalue weighted by molar-refractivity contribution is 0.414. The molecule has 0 N–H and O–H groups in total. The topological polar surface area (TPSA) is 44.1 Å². The second-order valence-corrected chi connectivity index (χ2v) is 7.47. The van der Waals surface area contributed by atoms with Crippen molar-refractivity contribution in [2.45, 2.75) is 17.8 Å². The first kappa shape index (κ1) is 18.3. The Morgan fingerprint density at radius 3 is 2.54 bits per heavy atom. The fourth-order valence-corrected chi connectivity index (χ4v) is 4.07. The quantitative estimate of drug-likeness (QED) is 0.357. The van der Waals surface area contributed by atoms with E-state index in [0.717, 1.165) is 17.2 Å². The summed E-state index contributed by atoms with van der Waals surface area (Å²) in [7, 11) is 1.63. The summed E-state index contributed by atoms with van der Waals surface area (Å²) in [6, 6.07) is 23.3. The Bertz CT molecular complexity index is 1180. The van der Waals surface area contributed by atoms with E-state index in [2.05, 4.69) is 31.2 Å². The number of methoxy groups -OCH3 is 1. The smallest absolute Gasteiger partial charge is 0.266 e. The van der Waals surface area contributed by atoms with Gasteiger partial charge in [-0.25, -0.2) is 4.98 Å². The van der Waals surface area contributed by atoms with Crippen LogP contribution in [0.1, 0.15) is 11.1 Å². The molecule has 140 valence electrons. The molecule has 0 unspecified atom stereocenters. The zero-order valence-corrected chi connectivity index (χ0v) is 16.6. The van der Waals surface area contributed by atoms with Crippen LogP contribution in [-0.2, 0) is 5.75 Å². The summed E-state index contributed by atoms with van der Waals surface area (Å²) in [6.45, 7) is 2.08. The standard InChI is InChI=1S/C23H20N2O2S/c1-16-6-5-7-17(14-16)15-28-23-24-21-9-4-3-8-20(21)22(26)25(23)18-10-12-19(27-2)13-11-18/h3-14H,15H2,1-2H3. The normalized spacial score (nSPS) is 10.9. The zero-order valence-electron chi connectivity index (χ0n) is 15.8. The lowest BCUT2D eigenvalue weighted by atomic mass is 10.2. The van der Waals surface area contributed by atoms with Crippen molar-refractivity contribution in [1.29, 1.82) is 0 Å². The minimum atomic E-state index is -0.0671. The first-order chi connectivity index (χ1) is 13.7. The molecular weight excluding hydrogens is 368 g/mol. The van der Waals surface area contributed by atoms with Crippen LogP contribution in [0.2, 0.25) is 0 Å². The summed E-state index contributed by atoms with van der Waals surface area (Å²) in [5, 5.41) is 1.29. The first-order valence-electron chi connectivity index (χ1n) is 9.00. The lowest BCUT2D eigenvalue weighted by Gasteiger charge is -2.14. The molecule has 28 heavy (non-hydrogen) atoms. The van der Waals surface area contributed by atoms with Crippen molar-refractivity contribution in [3.63, 3.8) is 0 Å². The lowest BCUT2D eigenvalue weighted by Crippen LogP contribution is -2.21. The molecule has 4 nitrogen and oxygen atoms in total. The van der Waals surface area contributed by atoms with Gasteiger partial charge in [-0.3, -0.25) is 9.36 Å². The average Bonchev–Trinajstić information content (AvgIpc) is 2.73. The van der Waals surface area contributed by atoms with Crippen molar-refractivity contribution in [1.82, 2.24) is 9.55 Å². The number of aryl methyl sites for hydroxylation is 1. The van der Waals surface area contributed by atoms with E-state index in [4.69, 9.17) is 9.72 Å². The predicted octanol–water partition coefficient (Wildman–Crippen LogP) is 5.00. The highest BCUT2D eigenvalue weighted by atomic mass is 32.2. The molecule has 4 rings (SSSR count). The molecule has 1 heterocycles. The van der Waals surface area contributed by atoms with Crippen LogP contribution in [0.15, 0.2) is 82.7 Å². The summed E-state index contributed by atoms with van der Waals surface area (Å²) in [5.74, 6) is 1.49. The molecule has 5 heteroatoms. The van der Waals surface area contributed by atoms with E-state index in [9.17, 15) is 4.79 Å². The van der Waals surface area contributed by atoms with Crippen LogP contribution in [0.5, 0.6) is 5.75 Å². The second kappa shape index (κ2) is 7.90. The third-order valence-corrected chi connectivity index (χ3v) is 5.54. The van der Waals surface area contributed by atoms with Gasteiger partial charge in [0.05, 0.1) is 23.7 Å². The number of rotatable bonds is 5. The van der Waals surface area contributed by atoms with E-state index in [1.165, 1.54) is 11.1 Å². The number of ether oxygens (including phenoxy) is 1. The molecule has 0 spiro atoms. The second-order valence-electron chi connectivity index (χ2n) is 6.53. The molecule has 0 aliphatic heterocycles. The maximum absolute atomic E-state index is 13.2. The molecule has 0 saturated carbocycles. The molecule has 0 saturated heterocycles. The van der Waals surface area contributed by atoms with Crippen LogP contribution in [0, 0.1) is 6.92 Å². The maximum Gasteiger partial charge on any atom is 0.266 e. The number of nitrogens with zero attached hydrogens (tertiary/aromatic N) is 2. The number of para-hydroxylation sites is 1. The van der Waals surface area contributed by atoms with Crippen LogP contribution in [0.4, 0.5) is 0 Å². The van der Waals surface area contributed by atoms with Crippen LogP contribution < -0.4 is 10.3 Å². The number of thioether (sulfide) groups is 1. The molecule has 0 bridgehead atoms. The highest BCUT2D eigenvalue weighted by molar-refractivity contribution is 7.98. The van der Waals surface area contributed by atoms with E-state index < -0.39 is 0 Å². The van der Waals surface area contributed by atoms with Gasteiger partial charge in [-0.15, -0.1) is 0 Å². The minimum absolute atomic E-state index is 0.0671. The van der Waals surface area contributed by atoms with E-state index in [0.29, 0.717) is 16.1 Å². The van der Waals surface area contributed by atoms with Gasteiger partial charge in [-0.2, -0.15) is 0 Å². The van der Waals surface area contributed by atoms with Gasteiger partial charge in [0.25, 0.3) is 5.56 Å². The van der Waals surface area contributed by atoms with Crippen molar-refractivity contribution in [2.24, 2.45) is 0 Å². The van der Waals surface area contributed by atoms with Gasteiger partial charge in [-0.05, 0) is 48.9 Å². The van der Waals surface area contributed by atoms with Crippen LogP contribution in [0.3, 0.4) is 0 Å². The predicted molar refractivity (Wildman–Crippen MR) is 115 cm³/mol. The zero-order chi connectivity index (χ0) is 19.5. The van der Waals surface area contributed by atoms with E-state index >= 15 is 0 Å². The molecular formula is C23H20N2O2S. The fraction of sp³-hybridized carbons (Fsp3) is 0.130. The highest BCUT2D eigenvalue weighted by Gasteiger charge is 2.13. The van der Waals surface area contributed by atoms with E-state index in [1.807, 2.05) is 48.5 Å². The number of fused-ring (bicyclic) bond motifs is 1. The average molecular weight is 388 g/mol. The van der Waals surface area contributed by atoms with Crippen LogP contribution in [0.25, 0.3) is 16.6 Å². The summed E-state index contributed by atoms with van der Waals surface area (Å²) in [6.07, 6.45) is 0. The number of benzene rings is 3. The van der Waals surface area contributed by atoms with Gasteiger partial charge < -0.3 is 4.74 Å². The Hall–Kier alpha value is -3.05. The maximum atomic E-state index is 13.2. The third-order valence-electron chi connectivity index (χ3n) is 4.53. The van der Waals surface area contributed by atoms with Gasteiger partial charge in [0.15, 0.2) is 5.16 Å². The van der Waals surface area contributed by atoms with Gasteiger partial charge in [0, 0.05) is 5.75 Å². The number of hydrogen-bond acceptors (Lipinski definition) is 4. The summed E-state index contributed by atoms with van der Waals surface area (Å²) in [5.41, 5.74) is 3.84. The largest absolute Gasteiger partial charge is 0.497 e. The highest BCUT2D eigenvalue weighted by Crippen LogP contribution is 2.25. The molecule has 0 aliphatic carbocycles. The number of hydrogen-bond donors (Lipinski definition) is 0. The molecule has 0 aliphatic rings. The van der Waals surface area contributed by atoms with Crippen LogP contribution >= 0.6 is 11.8 Å². The molecule has 0 radical (unpaired) electrons. The number of aromatic nitrogens is 2. The molecule has 0 atom stereocenters. The van der Waals surface area contributed by atoms with E-state index in [1.54, 1.807) is 23.4 Å². The van der Waals surface area contributed by atoms with Crippen LogP contribution in [-0.4, -0.2) is 16.7 Å². The molecule has 4 aromatic rings. The molecule has 0 fully saturated rings. The Morgan fingerprint density at radius 1 is 1.00 bits per heavy atom. The Labute approximate surface area is 167 Å². The summed E-state index contributed by atoms with van der Waals surface area (Å²) < 4.78 is 6.93. The monoisotopic (exact) mass is 388 g/mol. The van der Waals surface area contributed by atoms with Crippen molar-refractivity contribution < 1.29 is 4.74 Å². The Kier molecular flexibility index (Phi) is 5.17.